The Morgan fingerprint density at radius 2 is 1.74 bits per heavy atom. The molecule has 0 saturated carbocycles. The lowest BCUT2D eigenvalue weighted by atomic mass is 9.86. The van der Waals surface area contributed by atoms with E-state index < -0.39 is 10.0 Å². The van der Waals surface area contributed by atoms with Crippen molar-refractivity contribution in [2.24, 2.45) is 0 Å². The van der Waals surface area contributed by atoms with Gasteiger partial charge in [0.15, 0.2) is 5.78 Å². The van der Waals surface area contributed by atoms with Crippen LogP contribution in [0, 0.1) is 0 Å². The molecule has 9 heteroatoms. The third-order valence-corrected chi connectivity index (χ3v) is 8.55. The van der Waals surface area contributed by atoms with Gasteiger partial charge in [0.2, 0.25) is 15.9 Å². The predicted molar refractivity (Wildman–Crippen MR) is 133 cm³/mol. The van der Waals surface area contributed by atoms with E-state index in [1.807, 2.05) is 24.3 Å². The molecule has 3 aromatic rings. The van der Waals surface area contributed by atoms with E-state index in [0.717, 1.165) is 31.0 Å². The Hall–Kier alpha value is -2.49. The minimum atomic E-state index is -3.56. The van der Waals surface area contributed by atoms with E-state index in [2.05, 4.69) is 31.0 Å². The van der Waals surface area contributed by atoms with Crippen LogP contribution >= 0.6 is 11.8 Å². The first-order valence-corrected chi connectivity index (χ1v) is 13.8. The molecule has 4 rings (SSSR count). The summed E-state index contributed by atoms with van der Waals surface area (Å²) in [6, 6.07) is 14.2. The highest BCUT2D eigenvalue weighted by Gasteiger charge is 2.26. The van der Waals surface area contributed by atoms with Crippen LogP contribution in [0.4, 0.5) is 0 Å². The quantitative estimate of drug-likeness (QED) is 0.326. The molecule has 1 fully saturated rings. The Morgan fingerprint density at radius 3 is 2.41 bits per heavy atom. The third kappa shape index (κ3) is 5.59. The van der Waals surface area contributed by atoms with E-state index in [9.17, 15) is 13.2 Å². The van der Waals surface area contributed by atoms with E-state index >= 15 is 0 Å². The standard InChI is InChI=1S/C25H29N3O4S2/c1-25(2,3)20-12-10-18(11-13-20)22(29)17-33-24-27-26-23(32-24)19-8-7-9-21(16-19)34(30,31)28-14-5-4-6-15-28/h7-13,16H,4-6,14-15,17H2,1-3H3. The molecular weight excluding hydrogens is 470 g/mol. The van der Waals surface area contributed by atoms with Crippen LogP contribution in [0.15, 0.2) is 63.1 Å². The van der Waals surface area contributed by atoms with E-state index in [4.69, 9.17) is 4.42 Å². The maximum atomic E-state index is 13.0. The summed E-state index contributed by atoms with van der Waals surface area (Å²) in [7, 11) is -3.56. The van der Waals surface area contributed by atoms with Gasteiger partial charge in [0, 0.05) is 24.2 Å². The van der Waals surface area contributed by atoms with Crippen LogP contribution in [0.3, 0.4) is 0 Å². The van der Waals surface area contributed by atoms with Gasteiger partial charge in [0.25, 0.3) is 5.22 Å². The third-order valence-electron chi connectivity index (χ3n) is 5.84. The van der Waals surface area contributed by atoms with Crippen molar-refractivity contribution in [1.29, 1.82) is 0 Å². The summed E-state index contributed by atoms with van der Waals surface area (Å²) >= 11 is 1.16. The maximum absolute atomic E-state index is 13.0. The van der Waals surface area contributed by atoms with Gasteiger partial charge in [-0.1, -0.05) is 69.3 Å². The summed E-state index contributed by atoms with van der Waals surface area (Å²) in [5, 5.41) is 8.34. The number of hydrogen-bond acceptors (Lipinski definition) is 7. The van der Waals surface area contributed by atoms with Crippen LogP contribution in [0.25, 0.3) is 11.5 Å². The van der Waals surface area contributed by atoms with E-state index in [0.29, 0.717) is 24.2 Å². The SMILES string of the molecule is CC(C)(C)c1ccc(C(=O)CSc2nnc(-c3cccc(S(=O)(=O)N4CCCCC4)c3)o2)cc1. The summed E-state index contributed by atoms with van der Waals surface area (Å²) < 4.78 is 33.2. The van der Waals surface area contributed by atoms with Gasteiger partial charge in [0.1, 0.15) is 0 Å². The minimum absolute atomic E-state index is 0.0279. The number of nitrogens with zero attached hydrogens (tertiary/aromatic N) is 3. The van der Waals surface area contributed by atoms with Crippen LogP contribution in [-0.2, 0) is 15.4 Å². The number of piperidine rings is 1. The highest BCUT2D eigenvalue weighted by Crippen LogP contribution is 2.28. The zero-order valence-corrected chi connectivity index (χ0v) is 21.3. The van der Waals surface area contributed by atoms with Gasteiger partial charge in [-0.05, 0) is 42.0 Å². The Balaban J connectivity index is 1.42. The van der Waals surface area contributed by atoms with Crippen molar-refractivity contribution in [1.82, 2.24) is 14.5 Å². The van der Waals surface area contributed by atoms with Gasteiger partial charge < -0.3 is 4.42 Å². The van der Waals surface area contributed by atoms with Crippen molar-refractivity contribution < 1.29 is 17.6 Å². The molecule has 1 saturated heterocycles. The first-order valence-electron chi connectivity index (χ1n) is 11.4. The largest absolute Gasteiger partial charge is 0.411 e. The monoisotopic (exact) mass is 499 g/mol. The lowest BCUT2D eigenvalue weighted by Crippen LogP contribution is -2.35. The highest BCUT2D eigenvalue weighted by molar-refractivity contribution is 7.99. The van der Waals surface area contributed by atoms with E-state index in [1.165, 1.54) is 9.87 Å². The van der Waals surface area contributed by atoms with Crippen LogP contribution in [0.2, 0.25) is 0 Å². The Bertz CT molecular complexity index is 1260. The van der Waals surface area contributed by atoms with Crippen molar-refractivity contribution in [2.75, 3.05) is 18.8 Å². The fourth-order valence-electron chi connectivity index (χ4n) is 3.80. The first kappa shape index (κ1) is 24.6. The summed E-state index contributed by atoms with van der Waals surface area (Å²) in [4.78, 5) is 12.8. The normalized spacial score (nSPS) is 15.4. The first-order chi connectivity index (χ1) is 16.1. The summed E-state index contributed by atoms with van der Waals surface area (Å²) in [5.41, 5.74) is 2.36. The molecule has 0 bridgehead atoms. The second-order valence-electron chi connectivity index (χ2n) is 9.40. The summed E-state index contributed by atoms with van der Waals surface area (Å²) in [5.74, 6) is 0.361. The summed E-state index contributed by atoms with van der Waals surface area (Å²) in [6.07, 6.45) is 2.81. The van der Waals surface area contributed by atoms with Crippen LogP contribution < -0.4 is 0 Å². The van der Waals surface area contributed by atoms with Crippen molar-refractivity contribution >= 4 is 27.6 Å². The fourth-order valence-corrected chi connectivity index (χ4v) is 6.02. The second kappa shape index (κ2) is 10.0. The van der Waals surface area contributed by atoms with Gasteiger partial charge in [0.05, 0.1) is 10.6 Å². The topological polar surface area (TPSA) is 93.4 Å². The number of Topliss-reactive ketones (excluding diaryl/α,β-unsaturated/α-hetero) is 1. The van der Waals surface area contributed by atoms with Crippen molar-refractivity contribution in [3.8, 4) is 11.5 Å². The lowest BCUT2D eigenvalue weighted by molar-refractivity contribution is 0.102. The lowest BCUT2D eigenvalue weighted by Gasteiger charge is -2.25. The molecule has 1 aliphatic rings. The van der Waals surface area contributed by atoms with Gasteiger partial charge >= 0.3 is 0 Å². The number of ketones is 1. The molecule has 0 aliphatic carbocycles. The number of rotatable bonds is 7. The maximum Gasteiger partial charge on any atom is 0.277 e. The molecule has 0 spiro atoms. The molecular formula is C25H29N3O4S2. The zero-order valence-electron chi connectivity index (χ0n) is 19.7. The Morgan fingerprint density at radius 1 is 1.03 bits per heavy atom. The average Bonchev–Trinajstić information content (AvgIpc) is 3.32. The molecule has 1 aromatic heterocycles. The van der Waals surface area contributed by atoms with Gasteiger partial charge in [-0.2, -0.15) is 4.31 Å². The number of sulfonamides is 1. The molecule has 180 valence electrons. The number of hydrogen-bond donors (Lipinski definition) is 0. The van der Waals surface area contributed by atoms with E-state index in [1.54, 1.807) is 24.3 Å². The van der Waals surface area contributed by atoms with Gasteiger partial charge in [-0.3, -0.25) is 4.79 Å². The van der Waals surface area contributed by atoms with Crippen molar-refractivity contribution in [3.63, 3.8) is 0 Å². The number of carbonyl (C=O) groups is 1. The Kier molecular flexibility index (Phi) is 7.25. The molecule has 0 amide bonds. The Labute approximate surface area is 205 Å². The molecule has 2 heterocycles. The van der Waals surface area contributed by atoms with Crippen LogP contribution in [-0.4, -0.2) is 47.5 Å². The van der Waals surface area contributed by atoms with E-state index in [-0.39, 0.29) is 33.0 Å². The number of thioether (sulfide) groups is 1. The molecule has 34 heavy (non-hydrogen) atoms. The molecule has 2 aromatic carbocycles. The van der Waals surface area contributed by atoms with Crippen LogP contribution in [0.1, 0.15) is 56.0 Å². The molecule has 0 atom stereocenters. The average molecular weight is 500 g/mol. The number of carbonyl (C=O) groups excluding carboxylic acids is 1. The molecule has 0 unspecified atom stereocenters. The predicted octanol–water partition coefficient (Wildman–Crippen LogP) is 5.18. The number of benzene rings is 2. The summed E-state index contributed by atoms with van der Waals surface area (Å²) in [6.45, 7) is 7.48. The molecule has 0 N–H and O–H groups in total. The molecule has 1 aliphatic heterocycles. The van der Waals surface area contributed by atoms with Crippen molar-refractivity contribution in [2.45, 2.75) is 55.6 Å². The zero-order chi connectivity index (χ0) is 24.3. The van der Waals surface area contributed by atoms with Gasteiger partial charge in [-0.25, -0.2) is 8.42 Å². The minimum Gasteiger partial charge on any atom is -0.411 e. The fraction of sp³-hybridized carbons (Fsp3) is 0.400. The van der Waals surface area contributed by atoms with Gasteiger partial charge in [-0.15, -0.1) is 10.2 Å². The molecule has 0 radical (unpaired) electrons. The van der Waals surface area contributed by atoms with Crippen molar-refractivity contribution in [3.05, 3.63) is 59.7 Å². The molecule has 7 nitrogen and oxygen atoms in total. The number of aromatic nitrogens is 2. The smallest absolute Gasteiger partial charge is 0.277 e. The van der Waals surface area contributed by atoms with Crippen LogP contribution in [0.5, 0.6) is 0 Å². The second-order valence-corrected chi connectivity index (χ2v) is 12.3. The highest BCUT2D eigenvalue weighted by atomic mass is 32.2.